The van der Waals surface area contributed by atoms with Crippen LogP contribution in [0.2, 0.25) is 0 Å². The van der Waals surface area contributed by atoms with Crippen LogP contribution in [0.4, 0.5) is 51.2 Å². The zero-order valence-electron chi connectivity index (χ0n) is 88.3. The Morgan fingerprint density at radius 3 is 0.726 bits per heavy atom. The van der Waals surface area contributed by atoms with Gasteiger partial charge in [0.15, 0.2) is 0 Å². The third kappa shape index (κ3) is 18.9. The summed E-state index contributed by atoms with van der Waals surface area (Å²) in [7, 11) is 0. The summed E-state index contributed by atoms with van der Waals surface area (Å²) < 4.78 is 0. The summed E-state index contributed by atoms with van der Waals surface area (Å²) in [5.41, 5.74) is 65.3. The average Bonchev–Trinajstić information content (AvgIpc) is 1.66. The van der Waals surface area contributed by atoms with E-state index in [4.69, 9.17) is 0 Å². The van der Waals surface area contributed by atoms with Gasteiger partial charge in [0.1, 0.15) is 0 Å². The van der Waals surface area contributed by atoms with Gasteiger partial charge in [-0.15, -0.1) is 0 Å². The molecule has 0 N–H and O–H groups in total. The number of benzene rings is 15. The third-order valence-corrected chi connectivity index (χ3v) is 26.2. The minimum atomic E-state index is 1.02. The van der Waals surface area contributed by atoms with Gasteiger partial charge in [0.2, 0.25) is 0 Å². The van der Waals surface area contributed by atoms with Crippen molar-refractivity contribution in [1.29, 1.82) is 0 Å². The highest BCUT2D eigenvalue weighted by atomic mass is 15.2. The van der Waals surface area contributed by atoms with Crippen LogP contribution in [0.25, 0.3) is 66.8 Å². The Morgan fingerprint density at radius 2 is 0.348 bits per heavy atom. The minimum absolute atomic E-state index is 1.02. The molecule has 135 heavy (non-hydrogen) atoms. The van der Waals surface area contributed by atoms with Crippen molar-refractivity contribution < 1.29 is 0 Å². The maximum absolute atomic E-state index is 2.56. The topological polar surface area (TPSA) is 9.72 Å². The van der Waals surface area contributed by atoms with Gasteiger partial charge in [-0.05, 0) is 293 Å². The van der Waals surface area contributed by atoms with E-state index in [-0.39, 0.29) is 0 Å². The first-order chi connectivity index (χ1) is 67.0. The summed E-state index contributed by atoms with van der Waals surface area (Å²) in [5.74, 6) is 0. The highest BCUT2D eigenvalue weighted by molar-refractivity contribution is 6.01. The number of anilines is 9. The molecule has 0 saturated heterocycles. The predicted molar refractivity (Wildman–Crippen MR) is 600 cm³/mol. The number of nitrogens with zero attached hydrogens (tertiary/aromatic N) is 3. The quantitative estimate of drug-likeness (QED) is 0.150. The lowest BCUT2D eigenvalue weighted by Gasteiger charge is -2.40. The molecule has 702 valence electrons. The molecule has 27 rings (SSSR count). The summed E-state index contributed by atoms with van der Waals surface area (Å²) in [4.78, 5) is 7.68. The molecule has 6 heterocycles. The van der Waals surface area contributed by atoms with Crippen molar-refractivity contribution in [2.45, 2.75) is 285 Å². The van der Waals surface area contributed by atoms with Crippen LogP contribution in [-0.2, 0) is 77.0 Å². The fourth-order valence-electron chi connectivity index (χ4n) is 21.7. The molecule has 0 bridgehead atoms. The number of hydrogen-bond donors (Lipinski definition) is 0. The van der Waals surface area contributed by atoms with Crippen molar-refractivity contribution >= 4 is 51.2 Å². The standard InChI is InChI=1S/3C34H23N.15C2H6/c1-3-10-26-20(6-1)14-24-16-25-18-30-27(29(25)19-28(24)26)12-13-33-31(30)17-23-9-5-8-22-15-21-7-2-4-11-32(21)35(33)34(22)23;1-3-10-26-20(6-1)14-24-17-29-25(18-28(24)26)19-30-27(29)12-13-33-31(30)16-23-9-5-8-22-15-21-7-2-4-11-32(21)35(33)34(22)23;1-3-10-26-20(6-1)16-22-12-13-23-18-28-27(33(23)32(22)26)14-15-31-29(28)19-25-9-5-8-24-17-21-7-2-4-11-30(21)35(31)34(24)25;15*1-2/h1-13,16,19H,14-15,17-18H2;1-13,17-18H,14-16,19H2;1-15H,16-19H2;15*1-2H3. The van der Waals surface area contributed by atoms with Gasteiger partial charge in [0.25, 0.3) is 0 Å². The molecule has 12 aliphatic rings. The first-order valence-electron chi connectivity index (χ1n) is 53.1. The van der Waals surface area contributed by atoms with Crippen LogP contribution in [0.15, 0.2) is 273 Å². The lowest BCUT2D eigenvalue weighted by molar-refractivity contribution is 0.997. The zero-order chi connectivity index (χ0) is 98.0. The summed E-state index contributed by atoms with van der Waals surface area (Å²) in [5, 5.41) is 0. The smallest absolute Gasteiger partial charge is 0.0532 e. The first kappa shape index (κ1) is 105. The van der Waals surface area contributed by atoms with Gasteiger partial charge in [-0.1, -0.05) is 426 Å². The van der Waals surface area contributed by atoms with E-state index < -0.39 is 0 Å². The van der Waals surface area contributed by atoms with Gasteiger partial charge in [0.05, 0.1) is 34.1 Å². The maximum atomic E-state index is 2.56. The number of rotatable bonds is 0. The Labute approximate surface area is 818 Å². The van der Waals surface area contributed by atoms with E-state index in [1.54, 1.807) is 0 Å². The Balaban J connectivity index is 0.000000184. The second-order valence-electron chi connectivity index (χ2n) is 31.5. The van der Waals surface area contributed by atoms with Crippen molar-refractivity contribution in [3.05, 3.63) is 407 Å². The van der Waals surface area contributed by atoms with Crippen molar-refractivity contribution in [3.63, 3.8) is 0 Å². The van der Waals surface area contributed by atoms with Crippen molar-refractivity contribution in [1.82, 2.24) is 0 Å². The summed E-state index contributed by atoms with van der Waals surface area (Å²) in [6, 6.07) is 104. The van der Waals surface area contributed by atoms with Gasteiger partial charge in [-0.3, -0.25) is 0 Å². The average molecular weight is 1790 g/mol. The molecule has 3 nitrogen and oxygen atoms in total. The van der Waals surface area contributed by atoms with E-state index in [2.05, 4.69) is 288 Å². The Kier molecular flexibility index (Phi) is 38.6. The molecule has 0 saturated carbocycles. The summed E-state index contributed by atoms with van der Waals surface area (Å²) in [6.07, 6.45) is 12.4. The van der Waals surface area contributed by atoms with Crippen LogP contribution in [0.3, 0.4) is 0 Å². The molecule has 0 unspecified atom stereocenters. The largest absolute Gasteiger partial charge is 0.309 e. The Hall–Kier alpha value is -12.3. The van der Waals surface area contributed by atoms with Gasteiger partial charge >= 0.3 is 0 Å². The zero-order valence-corrected chi connectivity index (χ0v) is 88.3. The number of fused-ring (bicyclic) bond motifs is 34. The third-order valence-electron chi connectivity index (χ3n) is 26.2. The van der Waals surface area contributed by atoms with Crippen molar-refractivity contribution in [3.8, 4) is 66.8 Å². The lowest BCUT2D eigenvalue weighted by Crippen LogP contribution is -2.25. The van der Waals surface area contributed by atoms with Crippen LogP contribution in [0, 0.1) is 0 Å². The number of para-hydroxylation sites is 6. The van der Waals surface area contributed by atoms with Crippen LogP contribution in [0.1, 0.15) is 341 Å². The van der Waals surface area contributed by atoms with Crippen molar-refractivity contribution in [2.75, 3.05) is 14.7 Å². The summed E-state index contributed by atoms with van der Waals surface area (Å²) >= 11 is 0. The second-order valence-corrected chi connectivity index (χ2v) is 31.5. The van der Waals surface area contributed by atoms with Crippen LogP contribution >= 0.6 is 0 Å². The maximum Gasteiger partial charge on any atom is 0.0532 e. The molecule has 6 aliphatic carbocycles. The Morgan fingerprint density at radius 1 is 0.126 bits per heavy atom. The van der Waals surface area contributed by atoms with E-state index in [1.165, 1.54) is 251 Å². The van der Waals surface area contributed by atoms with Crippen LogP contribution in [0.5, 0.6) is 0 Å². The van der Waals surface area contributed by atoms with Gasteiger partial charge in [0, 0.05) is 55.6 Å². The van der Waals surface area contributed by atoms with E-state index in [9.17, 15) is 0 Å². The van der Waals surface area contributed by atoms with Crippen LogP contribution in [-0.4, -0.2) is 0 Å². The van der Waals surface area contributed by atoms with Gasteiger partial charge in [-0.2, -0.15) is 0 Å². The van der Waals surface area contributed by atoms with E-state index in [0.717, 1.165) is 77.0 Å². The molecule has 0 atom stereocenters. The normalized spacial score (nSPS) is 12.3. The van der Waals surface area contributed by atoms with Crippen LogP contribution < -0.4 is 14.7 Å². The second kappa shape index (κ2) is 49.8. The minimum Gasteiger partial charge on any atom is -0.309 e. The van der Waals surface area contributed by atoms with Crippen molar-refractivity contribution in [2.24, 2.45) is 0 Å². The molecule has 0 radical (unpaired) electrons. The highest BCUT2D eigenvalue weighted by Gasteiger charge is 2.41. The molecular formula is C132H159N3. The highest BCUT2D eigenvalue weighted by Crippen LogP contribution is 2.60. The molecular weight excluding hydrogens is 1630 g/mol. The molecule has 0 aromatic heterocycles. The van der Waals surface area contributed by atoms with Gasteiger partial charge < -0.3 is 14.7 Å². The summed E-state index contributed by atoms with van der Waals surface area (Å²) in [6.45, 7) is 60.0. The molecule has 0 amide bonds. The van der Waals surface area contributed by atoms with Gasteiger partial charge in [-0.25, -0.2) is 0 Å². The molecule has 0 spiro atoms. The lowest BCUT2D eigenvalue weighted by atomic mass is 9.84. The molecule has 0 fully saturated rings. The fourth-order valence-corrected chi connectivity index (χ4v) is 21.7. The SMILES string of the molecule is CC.CC.CC.CC.CC.CC.CC.CC.CC.CC.CC.CC.CC.CC.CC.c1ccc2c(c1)Cc1cc3c(cc1-2)-c1ccc2c(c1C3)Cc1cccc3c1N2c1ccccc1C3.c1ccc2c(c1)Cc1cc3c(cc1-2)Cc1c-3ccc2c1Cc1cccc3c1N2c1ccccc1C3.c1ccc2c(c1)Cc1ccc3c(c1-2)-c1ccc2c(c1C3)Cc1cccc3c1N2c1ccccc1C3. The molecule has 15 aromatic rings. The molecule has 3 heteroatoms. The Bertz CT molecular complexity index is 6510. The molecule has 15 aromatic carbocycles. The fraction of sp³-hybridized carbons (Fsp3) is 0.318. The monoisotopic (exact) mass is 1790 g/mol. The first-order valence-corrected chi connectivity index (χ1v) is 53.1. The van der Waals surface area contributed by atoms with E-state index in [1.807, 2.05) is 208 Å². The van der Waals surface area contributed by atoms with E-state index >= 15 is 0 Å². The predicted octanol–water partition coefficient (Wildman–Crippen LogP) is 39.7. The van der Waals surface area contributed by atoms with E-state index in [0.29, 0.717) is 0 Å². The number of hydrogen-bond acceptors (Lipinski definition) is 3. The molecule has 6 aliphatic heterocycles.